The highest BCUT2D eigenvalue weighted by molar-refractivity contribution is 6.04. The molecule has 0 aliphatic rings. The number of rotatable bonds is 6. The van der Waals surface area contributed by atoms with E-state index in [9.17, 15) is 4.79 Å². The Hall–Kier alpha value is -3.41. The van der Waals surface area contributed by atoms with Gasteiger partial charge in [-0.05, 0) is 50.2 Å². The van der Waals surface area contributed by atoms with Crippen LogP contribution < -0.4 is 19.5 Å². The number of ether oxygens (including phenoxy) is 3. The summed E-state index contributed by atoms with van der Waals surface area (Å²) in [4.78, 5) is 12.7. The summed E-state index contributed by atoms with van der Waals surface area (Å²) < 4.78 is 18.1. The molecule has 146 valence electrons. The third-order valence-electron chi connectivity index (χ3n) is 4.58. The van der Waals surface area contributed by atoms with E-state index in [0.29, 0.717) is 28.5 Å². The van der Waals surface area contributed by atoms with Gasteiger partial charge in [0.2, 0.25) is 5.75 Å². The molecule has 6 heteroatoms. The Kier molecular flexibility index (Phi) is 5.59. The minimum Gasteiger partial charge on any atom is -0.493 e. The lowest BCUT2D eigenvalue weighted by Gasteiger charge is -2.15. The summed E-state index contributed by atoms with van der Waals surface area (Å²) in [7, 11) is 4.61. The molecule has 2 aromatic carbocycles. The number of methoxy groups -OCH3 is 3. The highest BCUT2D eigenvalue weighted by Crippen LogP contribution is 2.40. The lowest BCUT2D eigenvalue weighted by Crippen LogP contribution is -2.12. The number of hydrogen-bond donors (Lipinski definition) is 1. The van der Waals surface area contributed by atoms with Crippen molar-refractivity contribution in [3.05, 3.63) is 65.5 Å². The first-order chi connectivity index (χ1) is 13.5. The van der Waals surface area contributed by atoms with Gasteiger partial charge in [0.25, 0.3) is 5.91 Å². The number of nitrogens with one attached hydrogen (secondary N) is 1. The van der Waals surface area contributed by atoms with Crippen LogP contribution >= 0.6 is 0 Å². The molecule has 1 amide bonds. The lowest BCUT2D eigenvalue weighted by molar-refractivity contribution is 0.102. The van der Waals surface area contributed by atoms with Crippen LogP contribution in [0.5, 0.6) is 17.2 Å². The minimum atomic E-state index is -0.221. The third kappa shape index (κ3) is 3.67. The van der Waals surface area contributed by atoms with Crippen molar-refractivity contribution in [2.75, 3.05) is 26.6 Å². The standard InChI is InChI=1S/C22H24N2O4/c1-14-6-7-15(2)24(14)18-10-8-16(9-11-18)22(25)23-17-12-19(26-3)21(28-5)20(13-17)27-4/h6-13H,1-5H3,(H,23,25). The Morgan fingerprint density at radius 1 is 0.821 bits per heavy atom. The minimum absolute atomic E-state index is 0.221. The fourth-order valence-corrected chi connectivity index (χ4v) is 3.19. The molecule has 1 heterocycles. The topological polar surface area (TPSA) is 61.7 Å². The van der Waals surface area contributed by atoms with Crippen LogP contribution in [0.2, 0.25) is 0 Å². The first-order valence-electron chi connectivity index (χ1n) is 8.85. The maximum Gasteiger partial charge on any atom is 0.255 e. The fourth-order valence-electron chi connectivity index (χ4n) is 3.19. The SMILES string of the molecule is COc1cc(NC(=O)c2ccc(-n3c(C)ccc3C)cc2)cc(OC)c1OC. The van der Waals surface area contributed by atoms with Crippen molar-refractivity contribution in [1.29, 1.82) is 0 Å². The summed E-state index contributed by atoms with van der Waals surface area (Å²) in [6.45, 7) is 4.11. The van der Waals surface area contributed by atoms with Crippen LogP contribution in [0.4, 0.5) is 5.69 Å². The van der Waals surface area contributed by atoms with Crippen molar-refractivity contribution in [2.45, 2.75) is 13.8 Å². The van der Waals surface area contributed by atoms with Gasteiger partial charge in [-0.3, -0.25) is 4.79 Å². The molecule has 1 N–H and O–H groups in total. The van der Waals surface area contributed by atoms with Crippen molar-refractivity contribution in [1.82, 2.24) is 4.57 Å². The molecule has 0 bridgehead atoms. The van der Waals surface area contributed by atoms with E-state index >= 15 is 0 Å². The predicted octanol–water partition coefficient (Wildman–Crippen LogP) is 4.37. The van der Waals surface area contributed by atoms with Gasteiger partial charge >= 0.3 is 0 Å². The van der Waals surface area contributed by atoms with Crippen molar-refractivity contribution < 1.29 is 19.0 Å². The normalized spacial score (nSPS) is 10.5. The summed E-state index contributed by atoms with van der Waals surface area (Å²) in [5.41, 5.74) is 4.42. The average Bonchev–Trinajstić information content (AvgIpc) is 3.05. The smallest absolute Gasteiger partial charge is 0.255 e. The van der Waals surface area contributed by atoms with Gasteiger partial charge in [0.1, 0.15) is 0 Å². The largest absolute Gasteiger partial charge is 0.493 e. The summed E-state index contributed by atoms with van der Waals surface area (Å²) in [6, 6.07) is 15.0. The van der Waals surface area contributed by atoms with Crippen molar-refractivity contribution >= 4 is 11.6 Å². The van der Waals surface area contributed by atoms with Crippen molar-refractivity contribution in [2.24, 2.45) is 0 Å². The van der Waals surface area contributed by atoms with Crippen LogP contribution in [0, 0.1) is 13.8 Å². The second-order valence-corrected chi connectivity index (χ2v) is 6.37. The number of amides is 1. The molecular weight excluding hydrogens is 356 g/mol. The van der Waals surface area contributed by atoms with Crippen LogP contribution in [0.15, 0.2) is 48.5 Å². The Morgan fingerprint density at radius 2 is 1.36 bits per heavy atom. The third-order valence-corrected chi connectivity index (χ3v) is 4.58. The molecule has 0 aliphatic heterocycles. The number of benzene rings is 2. The van der Waals surface area contributed by atoms with E-state index in [2.05, 4.69) is 35.9 Å². The molecule has 3 rings (SSSR count). The molecule has 3 aromatic rings. The van der Waals surface area contributed by atoms with E-state index in [1.165, 1.54) is 21.3 Å². The highest BCUT2D eigenvalue weighted by atomic mass is 16.5. The Balaban J connectivity index is 1.84. The van der Waals surface area contributed by atoms with Crippen LogP contribution in [-0.2, 0) is 0 Å². The quantitative estimate of drug-likeness (QED) is 0.690. The van der Waals surface area contributed by atoms with Gasteiger partial charge < -0.3 is 24.1 Å². The molecular formula is C22H24N2O4. The average molecular weight is 380 g/mol. The highest BCUT2D eigenvalue weighted by Gasteiger charge is 2.15. The van der Waals surface area contributed by atoms with E-state index in [1.54, 1.807) is 12.1 Å². The van der Waals surface area contributed by atoms with E-state index in [4.69, 9.17) is 14.2 Å². The first-order valence-corrected chi connectivity index (χ1v) is 8.85. The van der Waals surface area contributed by atoms with Gasteiger partial charge in [-0.15, -0.1) is 0 Å². The van der Waals surface area contributed by atoms with Gasteiger partial charge in [-0.25, -0.2) is 0 Å². The summed E-state index contributed by atoms with van der Waals surface area (Å²) in [6.07, 6.45) is 0. The van der Waals surface area contributed by atoms with Crippen molar-refractivity contribution in [3.8, 4) is 22.9 Å². The number of nitrogens with zero attached hydrogens (tertiary/aromatic N) is 1. The van der Waals surface area contributed by atoms with Gasteiger partial charge in [0.05, 0.1) is 21.3 Å². The van der Waals surface area contributed by atoms with E-state index < -0.39 is 0 Å². The summed E-state index contributed by atoms with van der Waals surface area (Å²) in [5, 5.41) is 2.87. The molecule has 1 aromatic heterocycles. The second-order valence-electron chi connectivity index (χ2n) is 6.37. The summed E-state index contributed by atoms with van der Waals surface area (Å²) in [5.74, 6) is 1.21. The monoisotopic (exact) mass is 380 g/mol. The zero-order valence-corrected chi connectivity index (χ0v) is 16.7. The van der Waals surface area contributed by atoms with Gasteiger partial charge in [0, 0.05) is 40.5 Å². The molecule has 6 nitrogen and oxygen atoms in total. The molecule has 0 atom stereocenters. The van der Waals surface area contributed by atoms with Gasteiger partial charge in [0.15, 0.2) is 11.5 Å². The molecule has 0 radical (unpaired) electrons. The van der Waals surface area contributed by atoms with E-state index in [0.717, 1.165) is 17.1 Å². The van der Waals surface area contributed by atoms with Crippen molar-refractivity contribution in [3.63, 3.8) is 0 Å². The number of aryl methyl sites for hydroxylation is 2. The maximum atomic E-state index is 12.7. The molecule has 0 unspecified atom stereocenters. The zero-order chi connectivity index (χ0) is 20.3. The number of hydrogen-bond acceptors (Lipinski definition) is 4. The zero-order valence-electron chi connectivity index (χ0n) is 16.7. The predicted molar refractivity (Wildman–Crippen MR) is 109 cm³/mol. The number of anilines is 1. The molecule has 0 saturated heterocycles. The molecule has 0 saturated carbocycles. The van der Waals surface area contributed by atoms with Crippen LogP contribution in [0.1, 0.15) is 21.7 Å². The second kappa shape index (κ2) is 8.08. The fraction of sp³-hybridized carbons (Fsp3) is 0.227. The lowest BCUT2D eigenvalue weighted by atomic mass is 10.1. The summed E-state index contributed by atoms with van der Waals surface area (Å²) >= 11 is 0. The molecule has 0 spiro atoms. The number of carbonyl (C=O) groups is 1. The first kappa shape index (κ1) is 19.4. The Bertz CT molecular complexity index is 946. The number of carbonyl (C=O) groups excluding carboxylic acids is 1. The maximum absolute atomic E-state index is 12.7. The van der Waals surface area contributed by atoms with Crippen LogP contribution in [0.25, 0.3) is 5.69 Å². The van der Waals surface area contributed by atoms with E-state index in [-0.39, 0.29) is 5.91 Å². The number of aromatic nitrogens is 1. The Labute approximate surface area is 164 Å². The molecule has 0 aliphatic carbocycles. The van der Waals surface area contributed by atoms with Gasteiger partial charge in [-0.2, -0.15) is 0 Å². The van der Waals surface area contributed by atoms with Crippen LogP contribution in [0.3, 0.4) is 0 Å². The Morgan fingerprint density at radius 3 is 1.82 bits per heavy atom. The molecule has 0 fully saturated rings. The van der Waals surface area contributed by atoms with E-state index in [1.807, 2.05) is 24.3 Å². The van der Waals surface area contributed by atoms with Gasteiger partial charge in [-0.1, -0.05) is 0 Å². The molecule has 28 heavy (non-hydrogen) atoms. The van der Waals surface area contributed by atoms with Crippen LogP contribution in [-0.4, -0.2) is 31.8 Å².